The van der Waals surface area contributed by atoms with Crippen LogP contribution in [0, 0.1) is 12.3 Å². The molecule has 0 aliphatic heterocycles. The van der Waals surface area contributed by atoms with Gasteiger partial charge in [0.15, 0.2) is 0 Å². The van der Waals surface area contributed by atoms with Crippen LogP contribution in [-0.2, 0) is 33.9 Å². The molecule has 0 unspecified atom stereocenters. The number of aryl methyl sites for hydroxylation is 1. The van der Waals surface area contributed by atoms with Gasteiger partial charge in [-0.25, -0.2) is 4.79 Å². The van der Waals surface area contributed by atoms with E-state index in [4.69, 9.17) is 9.47 Å². The van der Waals surface area contributed by atoms with E-state index < -0.39 is 5.60 Å². The van der Waals surface area contributed by atoms with Gasteiger partial charge in [-0.15, -0.1) is 11.3 Å². The molecule has 0 aromatic carbocycles. The molecule has 0 fully saturated rings. The zero-order valence-corrected chi connectivity index (χ0v) is 20.7. The summed E-state index contributed by atoms with van der Waals surface area (Å²) >= 11 is 1.40. The number of aromatic nitrogens is 2. The Morgan fingerprint density at radius 3 is 2.29 bits per heavy atom. The smallest absolute Gasteiger partial charge is 0.332 e. The lowest BCUT2D eigenvalue weighted by molar-refractivity contribution is -0.153. The van der Waals surface area contributed by atoms with Gasteiger partial charge in [0.2, 0.25) is 0 Å². The number of rotatable bonds is 8. The predicted molar refractivity (Wildman–Crippen MR) is 124 cm³/mol. The van der Waals surface area contributed by atoms with Crippen molar-refractivity contribution in [2.75, 3.05) is 20.3 Å². The standard InChI is InChI=1S/C22H35N3O5S/c1-14-15(11-23-12-16(26)30-22(5,6)7)31-19-17(14)18(27)25(13-21(2,3)4)20(28)24(19)9-10-29-8/h23H,9-13H2,1-8H3. The quantitative estimate of drug-likeness (QED) is 0.618. The largest absolute Gasteiger partial charge is 0.459 e. The topological polar surface area (TPSA) is 91.6 Å². The average Bonchev–Trinajstić information content (AvgIpc) is 2.93. The summed E-state index contributed by atoms with van der Waals surface area (Å²) in [7, 11) is 1.58. The van der Waals surface area contributed by atoms with Crippen LogP contribution in [0.4, 0.5) is 0 Å². The number of nitrogens with one attached hydrogen (secondary N) is 1. The maximum Gasteiger partial charge on any atom is 0.332 e. The Morgan fingerprint density at radius 1 is 1.10 bits per heavy atom. The SMILES string of the molecule is COCCn1c(=O)n(CC(C)(C)C)c(=O)c2c(C)c(CNCC(=O)OC(C)(C)C)sc21. The molecule has 0 bridgehead atoms. The Morgan fingerprint density at radius 2 is 1.74 bits per heavy atom. The molecule has 174 valence electrons. The fraction of sp³-hybridized carbons (Fsp3) is 0.682. The molecule has 31 heavy (non-hydrogen) atoms. The molecule has 2 heterocycles. The summed E-state index contributed by atoms with van der Waals surface area (Å²) in [6.07, 6.45) is 0. The molecule has 0 aliphatic carbocycles. The van der Waals surface area contributed by atoms with Crippen molar-refractivity contribution < 1.29 is 14.3 Å². The molecule has 0 saturated heterocycles. The Kier molecular flexibility index (Phi) is 7.89. The van der Waals surface area contributed by atoms with Gasteiger partial charge in [-0.3, -0.25) is 18.7 Å². The minimum absolute atomic E-state index is 0.0652. The zero-order chi connectivity index (χ0) is 23.6. The lowest BCUT2D eigenvalue weighted by Crippen LogP contribution is -2.42. The number of carbonyl (C=O) groups is 1. The molecule has 2 rings (SSSR count). The number of methoxy groups -OCH3 is 1. The summed E-state index contributed by atoms with van der Waals surface area (Å²) in [6.45, 7) is 14.9. The molecule has 0 aliphatic rings. The van der Waals surface area contributed by atoms with Crippen molar-refractivity contribution in [2.24, 2.45) is 5.41 Å². The van der Waals surface area contributed by atoms with Gasteiger partial charge in [-0.05, 0) is 38.7 Å². The molecule has 9 heteroatoms. The molecule has 0 saturated carbocycles. The number of hydrogen-bond acceptors (Lipinski definition) is 7. The van der Waals surface area contributed by atoms with Gasteiger partial charge in [0.05, 0.1) is 25.1 Å². The number of ether oxygens (including phenoxy) is 2. The van der Waals surface area contributed by atoms with Crippen LogP contribution in [0.15, 0.2) is 9.59 Å². The third-order valence-electron chi connectivity index (χ3n) is 4.52. The predicted octanol–water partition coefficient (Wildman–Crippen LogP) is 2.66. The van der Waals surface area contributed by atoms with Crippen LogP contribution < -0.4 is 16.6 Å². The van der Waals surface area contributed by atoms with Gasteiger partial charge in [-0.1, -0.05) is 20.8 Å². The van der Waals surface area contributed by atoms with Crippen molar-refractivity contribution in [1.82, 2.24) is 14.5 Å². The highest BCUT2D eigenvalue weighted by atomic mass is 32.1. The molecule has 8 nitrogen and oxygen atoms in total. The number of fused-ring (bicyclic) bond motifs is 1. The second-order valence-electron chi connectivity index (χ2n) is 9.90. The first kappa shape index (κ1) is 25.3. The molecule has 1 N–H and O–H groups in total. The van der Waals surface area contributed by atoms with Crippen LogP contribution in [0.5, 0.6) is 0 Å². The van der Waals surface area contributed by atoms with E-state index in [2.05, 4.69) is 5.32 Å². The summed E-state index contributed by atoms with van der Waals surface area (Å²) in [4.78, 5) is 39.9. The van der Waals surface area contributed by atoms with E-state index in [0.717, 1.165) is 10.4 Å². The maximum absolute atomic E-state index is 13.3. The van der Waals surface area contributed by atoms with E-state index in [-0.39, 0.29) is 29.2 Å². The molecule has 0 radical (unpaired) electrons. The first-order chi connectivity index (χ1) is 14.2. The molecule has 2 aromatic rings. The van der Waals surface area contributed by atoms with Crippen molar-refractivity contribution in [3.63, 3.8) is 0 Å². The minimum atomic E-state index is -0.540. The molecular formula is C22H35N3O5S. The van der Waals surface area contributed by atoms with E-state index >= 15 is 0 Å². The van der Waals surface area contributed by atoms with Crippen molar-refractivity contribution in [1.29, 1.82) is 0 Å². The second kappa shape index (κ2) is 9.67. The van der Waals surface area contributed by atoms with E-state index in [1.807, 2.05) is 48.5 Å². The van der Waals surface area contributed by atoms with Gasteiger partial charge in [-0.2, -0.15) is 0 Å². The average molecular weight is 454 g/mol. The van der Waals surface area contributed by atoms with Crippen LogP contribution >= 0.6 is 11.3 Å². The number of nitrogens with zero attached hydrogens (tertiary/aromatic N) is 2. The number of hydrogen-bond donors (Lipinski definition) is 1. The van der Waals surface area contributed by atoms with Gasteiger partial charge < -0.3 is 14.8 Å². The van der Waals surface area contributed by atoms with E-state index in [1.54, 1.807) is 11.7 Å². The first-order valence-corrected chi connectivity index (χ1v) is 11.2. The lowest BCUT2D eigenvalue weighted by Gasteiger charge is -2.20. The zero-order valence-electron chi connectivity index (χ0n) is 19.9. The van der Waals surface area contributed by atoms with Crippen molar-refractivity contribution in [3.8, 4) is 0 Å². The highest BCUT2D eigenvalue weighted by Crippen LogP contribution is 2.28. The van der Waals surface area contributed by atoms with Gasteiger partial charge in [0.25, 0.3) is 5.56 Å². The third-order valence-corrected chi connectivity index (χ3v) is 5.83. The van der Waals surface area contributed by atoms with Crippen LogP contribution in [0.2, 0.25) is 0 Å². The Balaban J connectivity index is 2.44. The highest BCUT2D eigenvalue weighted by molar-refractivity contribution is 7.18. The molecule has 2 aromatic heterocycles. The highest BCUT2D eigenvalue weighted by Gasteiger charge is 2.23. The number of carbonyl (C=O) groups excluding carboxylic acids is 1. The van der Waals surface area contributed by atoms with Crippen molar-refractivity contribution in [3.05, 3.63) is 31.3 Å². The van der Waals surface area contributed by atoms with Gasteiger partial charge in [0, 0.05) is 25.1 Å². The summed E-state index contributed by atoms with van der Waals surface area (Å²) in [6, 6.07) is 0. The van der Waals surface area contributed by atoms with Crippen LogP contribution in [0.3, 0.4) is 0 Å². The van der Waals surface area contributed by atoms with Gasteiger partial charge in [0.1, 0.15) is 10.4 Å². The molecule has 0 spiro atoms. The summed E-state index contributed by atoms with van der Waals surface area (Å²) < 4.78 is 13.5. The van der Waals surface area contributed by atoms with Gasteiger partial charge >= 0.3 is 11.7 Å². The van der Waals surface area contributed by atoms with Crippen LogP contribution in [0.1, 0.15) is 52.0 Å². The molecular weight excluding hydrogens is 418 g/mol. The van der Waals surface area contributed by atoms with E-state index in [0.29, 0.717) is 36.5 Å². The van der Waals surface area contributed by atoms with E-state index in [1.165, 1.54) is 15.9 Å². The summed E-state index contributed by atoms with van der Waals surface area (Å²) in [5, 5.41) is 3.65. The minimum Gasteiger partial charge on any atom is -0.459 e. The van der Waals surface area contributed by atoms with Crippen molar-refractivity contribution >= 4 is 27.5 Å². The van der Waals surface area contributed by atoms with E-state index in [9.17, 15) is 14.4 Å². The Bertz CT molecular complexity index is 1050. The number of thiophene rings is 1. The van der Waals surface area contributed by atoms with Crippen LogP contribution in [-0.4, -0.2) is 41.0 Å². The van der Waals surface area contributed by atoms with Crippen molar-refractivity contribution in [2.45, 2.75) is 73.7 Å². The van der Waals surface area contributed by atoms with Crippen LogP contribution in [0.25, 0.3) is 10.2 Å². The number of esters is 1. The second-order valence-corrected chi connectivity index (χ2v) is 11.0. The fourth-order valence-corrected chi connectivity index (χ4v) is 4.54. The summed E-state index contributed by atoms with van der Waals surface area (Å²) in [5.74, 6) is -0.337. The first-order valence-electron chi connectivity index (χ1n) is 10.4. The normalized spacial score (nSPS) is 12.5. The molecule has 0 amide bonds. The lowest BCUT2D eigenvalue weighted by atomic mass is 9.97. The maximum atomic E-state index is 13.3. The molecule has 0 atom stereocenters. The summed E-state index contributed by atoms with van der Waals surface area (Å²) in [5.41, 5.74) is -0.524. The fourth-order valence-electron chi connectivity index (χ4n) is 3.26. The Labute approximate surface area is 187 Å². The monoisotopic (exact) mass is 453 g/mol. The third kappa shape index (κ3) is 6.51. The Hall–Kier alpha value is -1.97.